The first-order valence-corrected chi connectivity index (χ1v) is 14.7. The molecule has 3 aliphatic carbocycles. The average Bonchev–Trinajstić information content (AvgIpc) is 3.21. The number of fused-ring (bicyclic) bond motifs is 5. The standard InChI is InChI=1S/C29H34N2O6S/c1-29-15-14-23-22-9-5-20(32)16-19(22)4-8-24(23)25(29)10-11-26(29)37-28(34)13-12-27(33)31-17-18-2-6-21(7-3-18)38(30,35)36/h2-3,5-7,9,12-13,16,23-26,32H,4,8,10-11,14-15,17H2,1H3,(H,31,33)(H2,30,35,36). The first-order valence-electron chi connectivity index (χ1n) is 13.1. The van der Waals surface area contributed by atoms with Gasteiger partial charge in [0.2, 0.25) is 15.9 Å². The summed E-state index contributed by atoms with van der Waals surface area (Å²) in [6.45, 7) is 2.43. The highest BCUT2D eigenvalue weighted by atomic mass is 32.2. The lowest BCUT2D eigenvalue weighted by Crippen LogP contribution is -2.45. The van der Waals surface area contributed by atoms with E-state index in [0.717, 1.165) is 38.5 Å². The molecule has 2 aromatic carbocycles. The third-order valence-electron chi connectivity index (χ3n) is 8.97. The van der Waals surface area contributed by atoms with Crippen LogP contribution in [0.5, 0.6) is 5.75 Å². The van der Waals surface area contributed by atoms with Crippen molar-refractivity contribution in [2.75, 3.05) is 0 Å². The van der Waals surface area contributed by atoms with E-state index in [0.29, 0.717) is 29.1 Å². The Morgan fingerprint density at radius 1 is 1.11 bits per heavy atom. The number of nitrogens with two attached hydrogens (primary N) is 1. The van der Waals surface area contributed by atoms with E-state index in [1.165, 1.54) is 35.4 Å². The van der Waals surface area contributed by atoms with Crippen LogP contribution in [0.3, 0.4) is 0 Å². The molecular formula is C29H34N2O6S. The number of hydrogen-bond donors (Lipinski definition) is 3. The van der Waals surface area contributed by atoms with Crippen molar-refractivity contribution < 1.29 is 27.9 Å². The number of aromatic hydroxyl groups is 1. The molecular weight excluding hydrogens is 504 g/mol. The van der Waals surface area contributed by atoms with Gasteiger partial charge in [0.1, 0.15) is 11.9 Å². The van der Waals surface area contributed by atoms with E-state index in [9.17, 15) is 23.1 Å². The van der Waals surface area contributed by atoms with Gasteiger partial charge in [-0.15, -0.1) is 0 Å². The molecule has 0 heterocycles. The molecule has 0 aromatic heterocycles. The maximum Gasteiger partial charge on any atom is 0.331 e. The first-order chi connectivity index (χ1) is 18.0. The first kappa shape index (κ1) is 26.4. The number of ether oxygens (including phenoxy) is 1. The predicted molar refractivity (Wildman–Crippen MR) is 141 cm³/mol. The molecule has 9 heteroatoms. The van der Waals surface area contributed by atoms with Crippen LogP contribution in [-0.2, 0) is 37.3 Å². The molecule has 8 nitrogen and oxygen atoms in total. The van der Waals surface area contributed by atoms with Gasteiger partial charge in [-0.05, 0) is 97.2 Å². The number of phenolic OH excluding ortho intramolecular Hbond substituents is 1. The number of benzene rings is 2. The van der Waals surface area contributed by atoms with Crippen molar-refractivity contribution in [3.63, 3.8) is 0 Å². The molecule has 0 radical (unpaired) electrons. The molecule has 2 saturated carbocycles. The highest BCUT2D eigenvalue weighted by Crippen LogP contribution is 2.61. The summed E-state index contributed by atoms with van der Waals surface area (Å²) in [5.41, 5.74) is 3.25. The van der Waals surface area contributed by atoms with E-state index < -0.39 is 21.9 Å². The van der Waals surface area contributed by atoms with Gasteiger partial charge in [-0.3, -0.25) is 4.79 Å². The van der Waals surface area contributed by atoms with Gasteiger partial charge in [0.05, 0.1) is 4.90 Å². The van der Waals surface area contributed by atoms with Crippen LogP contribution in [0.15, 0.2) is 59.5 Å². The molecule has 202 valence electrons. The summed E-state index contributed by atoms with van der Waals surface area (Å²) in [6, 6.07) is 11.7. The third kappa shape index (κ3) is 5.22. The van der Waals surface area contributed by atoms with E-state index in [4.69, 9.17) is 9.88 Å². The zero-order valence-electron chi connectivity index (χ0n) is 21.4. The van der Waals surface area contributed by atoms with E-state index in [2.05, 4.69) is 18.3 Å². The van der Waals surface area contributed by atoms with E-state index in [1.54, 1.807) is 18.2 Å². The number of carbonyl (C=O) groups excluding carboxylic acids is 2. The Bertz CT molecular complexity index is 1370. The van der Waals surface area contributed by atoms with Crippen molar-refractivity contribution >= 4 is 21.9 Å². The molecule has 3 aliphatic rings. The molecule has 4 N–H and O–H groups in total. The lowest BCUT2D eigenvalue weighted by Gasteiger charge is -2.50. The van der Waals surface area contributed by atoms with E-state index in [1.807, 2.05) is 6.07 Å². The number of carbonyl (C=O) groups is 2. The number of amides is 1. The minimum absolute atomic E-state index is 0.000132. The Morgan fingerprint density at radius 2 is 1.87 bits per heavy atom. The zero-order valence-corrected chi connectivity index (χ0v) is 22.2. The highest BCUT2D eigenvalue weighted by Gasteiger charge is 2.56. The Hall–Kier alpha value is -3.17. The topological polar surface area (TPSA) is 136 Å². The monoisotopic (exact) mass is 538 g/mol. The van der Waals surface area contributed by atoms with Crippen LogP contribution in [0, 0.1) is 17.3 Å². The van der Waals surface area contributed by atoms with Crippen LogP contribution >= 0.6 is 0 Å². The van der Waals surface area contributed by atoms with Crippen molar-refractivity contribution in [1.29, 1.82) is 0 Å². The summed E-state index contributed by atoms with van der Waals surface area (Å²) < 4.78 is 28.6. The summed E-state index contributed by atoms with van der Waals surface area (Å²) in [5, 5.41) is 17.7. The summed E-state index contributed by atoms with van der Waals surface area (Å²) in [7, 11) is -3.77. The molecule has 5 unspecified atom stereocenters. The van der Waals surface area contributed by atoms with Crippen LogP contribution in [0.25, 0.3) is 0 Å². The molecule has 0 bridgehead atoms. The average molecular weight is 539 g/mol. The number of sulfonamides is 1. The fourth-order valence-corrected chi connectivity index (χ4v) is 7.60. The molecule has 0 aliphatic heterocycles. The van der Waals surface area contributed by atoms with Crippen molar-refractivity contribution in [2.24, 2.45) is 22.4 Å². The van der Waals surface area contributed by atoms with Crippen LogP contribution in [0.1, 0.15) is 61.6 Å². The molecule has 0 spiro atoms. The molecule has 1 amide bonds. The minimum Gasteiger partial charge on any atom is -0.508 e. The zero-order chi connectivity index (χ0) is 27.1. The number of rotatable bonds is 6. The maximum absolute atomic E-state index is 12.6. The van der Waals surface area contributed by atoms with Gasteiger partial charge >= 0.3 is 5.97 Å². The van der Waals surface area contributed by atoms with Gasteiger partial charge in [-0.25, -0.2) is 18.4 Å². The van der Waals surface area contributed by atoms with Gasteiger partial charge in [-0.2, -0.15) is 0 Å². The summed E-state index contributed by atoms with van der Waals surface area (Å²) in [4.78, 5) is 24.8. The third-order valence-corrected chi connectivity index (χ3v) is 9.90. The molecule has 38 heavy (non-hydrogen) atoms. The van der Waals surface area contributed by atoms with E-state index >= 15 is 0 Å². The SMILES string of the molecule is CC12CCC3c4ccc(O)cc4CCC3C1CCC2OC(=O)C=CC(=O)NCc1ccc(S(N)(=O)=O)cc1. The summed E-state index contributed by atoms with van der Waals surface area (Å²) >= 11 is 0. The van der Waals surface area contributed by atoms with Crippen molar-refractivity contribution in [2.45, 2.75) is 68.9 Å². The number of phenols is 1. The predicted octanol–water partition coefficient (Wildman–Crippen LogP) is 3.68. The molecule has 2 aromatic rings. The second kappa shape index (κ2) is 10.2. The van der Waals surface area contributed by atoms with Gasteiger partial charge in [0.15, 0.2) is 0 Å². The van der Waals surface area contributed by atoms with Crippen LogP contribution in [0.4, 0.5) is 0 Å². The number of esters is 1. The lowest BCUT2D eigenvalue weighted by atomic mass is 9.55. The summed E-state index contributed by atoms with van der Waals surface area (Å²) in [5.74, 6) is 0.892. The Kier molecular flexibility index (Phi) is 7.09. The molecule has 5 rings (SSSR count). The fraction of sp³-hybridized carbons (Fsp3) is 0.448. The highest BCUT2D eigenvalue weighted by molar-refractivity contribution is 7.89. The molecule has 2 fully saturated rings. The normalized spacial score (nSPS) is 28.3. The van der Waals surface area contributed by atoms with Gasteiger partial charge < -0.3 is 15.2 Å². The van der Waals surface area contributed by atoms with Crippen LogP contribution in [0.2, 0.25) is 0 Å². The lowest BCUT2D eigenvalue weighted by molar-refractivity contribution is -0.151. The van der Waals surface area contributed by atoms with E-state index in [-0.39, 0.29) is 23.0 Å². The van der Waals surface area contributed by atoms with Crippen LogP contribution < -0.4 is 10.5 Å². The van der Waals surface area contributed by atoms with Crippen molar-refractivity contribution in [3.05, 3.63) is 71.3 Å². The Labute approximate surface area is 223 Å². The van der Waals surface area contributed by atoms with Crippen molar-refractivity contribution in [1.82, 2.24) is 5.32 Å². The van der Waals surface area contributed by atoms with Gasteiger partial charge in [0.25, 0.3) is 0 Å². The van der Waals surface area contributed by atoms with Crippen molar-refractivity contribution in [3.8, 4) is 5.75 Å². The number of nitrogens with one attached hydrogen (secondary N) is 1. The molecule has 0 saturated heterocycles. The van der Waals surface area contributed by atoms with Gasteiger partial charge in [-0.1, -0.05) is 25.1 Å². The number of hydrogen-bond acceptors (Lipinski definition) is 6. The fourth-order valence-electron chi connectivity index (χ4n) is 7.08. The maximum atomic E-state index is 12.6. The Balaban J connectivity index is 1.15. The smallest absolute Gasteiger partial charge is 0.331 e. The second-order valence-electron chi connectivity index (χ2n) is 11.1. The number of aryl methyl sites for hydroxylation is 1. The minimum atomic E-state index is -3.77. The summed E-state index contributed by atoms with van der Waals surface area (Å²) in [6.07, 6.45) is 8.09. The molecule has 5 atom stereocenters. The van der Waals surface area contributed by atoms with Crippen LogP contribution in [-0.4, -0.2) is 31.5 Å². The second-order valence-corrected chi connectivity index (χ2v) is 12.6. The largest absolute Gasteiger partial charge is 0.508 e. The van der Waals surface area contributed by atoms with Gasteiger partial charge in [0, 0.05) is 24.1 Å². The number of primary sulfonamides is 1. The Morgan fingerprint density at radius 3 is 2.61 bits per heavy atom. The quantitative estimate of drug-likeness (QED) is 0.379.